The second-order valence-electron chi connectivity index (χ2n) is 2.11. The Balaban J connectivity index is 3.32. The minimum Gasteiger partial charge on any atom is -0.265 e. The van der Waals surface area contributed by atoms with Gasteiger partial charge in [0, 0.05) is 7.05 Å². The number of aromatic nitrogens is 3. The van der Waals surface area contributed by atoms with Crippen molar-refractivity contribution in [2.24, 2.45) is 7.05 Å². The van der Waals surface area contributed by atoms with Crippen molar-refractivity contribution in [2.75, 3.05) is 6.26 Å². The van der Waals surface area contributed by atoms with Crippen LogP contribution in [0.25, 0.3) is 0 Å². The van der Waals surface area contributed by atoms with Gasteiger partial charge < -0.3 is 0 Å². The Hall–Kier alpha value is -0.840. The molecule has 4 nitrogen and oxygen atoms in total. The normalized spacial score (nSPS) is 10.1. The van der Waals surface area contributed by atoms with Gasteiger partial charge in [0.1, 0.15) is 5.69 Å². The first-order chi connectivity index (χ1) is 5.15. The maximum Gasteiger partial charge on any atom is 0.295 e. The fraction of sp³-hybridized carbons (Fsp3) is 0.500. The molecule has 0 spiro atoms. The average Bonchev–Trinajstić information content (AvgIpc) is 1.97. The van der Waals surface area contributed by atoms with Gasteiger partial charge in [0.15, 0.2) is 5.16 Å². The molecule has 1 aromatic heterocycles. The van der Waals surface area contributed by atoms with E-state index in [-0.39, 0.29) is 5.56 Å². The van der Waals surface area contributed by atoms with E-state index in [0.717, 1.165) is 0 Å². The van der Waals surface area contributed by atoms with Crippen molar-refractivity contribution < 1.29 is 0 Å². The number of rotatable bonds is 1. The van der Waals surface area contributed by atoms with E-state index in [4.69, 9.17) is 0 Å². The summed E-state index contributed by atoms with van der Waals surface area (Å²) in [7, 11) is 1.77. The van der Waals surface area contributed by atoms with E-state index in [0.29, 0.717) is 10.9 Å². The Morgan fingerprint density at radius 1 is 1.55 bits per heavy atom. The molecule has 0 aliphatic carbocycles. The summed E-state index contributed by atoms with van der Waals surface area (Å²) in [6.45, 7) is 1.65. The molecule has 0 aliphatic heterocycles. The molecule has 0 amide bonds. The van der Waals surface area contributed by atoms with E-state index < -0.39 is 0 Å². The minimum absolute atomic E-state index is 0.243. The van der Waals surface area contributed by atoms with Gasteiger partial charge in [-0.2, -0.15) is 10.1 Å². The zero-order valence-electron chi connectivity index (χ0n) is 6.66. The third-order valence-electron chi connectivity index (χ3n) is 1.27. The van der Waals surface area contributed by atoms with E-state index in [2.05, 4.69) is 10.1 Å². The van der Waals surface area contributed by atoms with Gasteiger partial charge in [-0.3, -0.25) is 4.79 Å². The van der Waals surface area contributed by atoms with E-state index in [1.807, 2.05) is 6.26 Å². The lowest BCUT2D eigenvalue weighted by Crippen LogP contribution is -2.18. The molecular weight excluding hydrogens is 162 g/mol. The number of aryl methyl sites for hydroxylation is 2. The molecule has 0 saturated carbocycles. The summed E-state index contributed by atoms with van der Waals surface area (Å²) in [5.74, 6) is 0. The standard InChI is InChI=1S/C6H9N3OS/c1-4-5(10)7-6(11-3)9(2)8-4/h1-3H3. The summed E-state index contributed by atoms with van der Waals surface area (Å²) < 4.78 is 1.60. The quantitative estimate of drug-likeness (QED) is 0.566. The second-order valence-corrected chi connectivity index (χ2v) is 2.89. The predicted molar refractivity (Wildman–Crippen MR) is 43.8 cm³/mol. The lowest BCUT2D eigenvalue weighted by atomic mass is 10.5. The van der Waals surface area contributed by atoms with Gasteiger partial charge in [0.2, 0.25) is 0 Å². The fourth-order valence-electron chi connectivity index (χ4n) is 0.728. The molecule has 0 atom stereocenters. The van der Waals surface area contributed by atoms with Gasteiger partial charge in [-0.1, -0.05) is 11.8 Å². The van der Waals surface area contributed by atoms with Crippen LogP contribution >= 0.6 is 11.8 Å². The molecule has 0 bridgehead atoms. The van der Waals surface area contributed by atoms with Gasteiger partial charge in [-0.15, -0.1) is 0 Å². The maximum atomic E-state index is 11.0. The summed E-state index contributed by atoms with van der Waals surface area (Å²) in [4.78, 5) is 14.7. The van der Waals surface area contributed by atoms with Crippen molar-refractivity contribution in [3.05, 3.63) is 16.0 Å². The van der Waals surface area contributed by atoms with Crippen molar-refractivity contribution in [3.63, 3.8) is 0 Å². The highest BCUT2D eigenvalue weighted by Gasteiger charge is 2.01. The zero-order valence-corrected chi connectivity index (χ0v) is 7.47. The van der Waals surface area contributed by atoms with Gasteiger partial charge in [-0.05, 0) is 13.2 Å². The summed E-state index contributed by atoms with van der Waals surface area (Å²) in [6.07, 6.45) is 1.86. The first kappa shape index (κ1) is 8.26. The Bertz CT molecular complexity index is 320. The molecule has 1 rings (SSSR count). The Kier molecular flexibility index (Phi) is 2.28. The van der Waals surface area contributed by atoms with Gasteiger partial charge in [-0.25, -0.2) is 4.68 Å². The summed E-state index contributed by atoms with van der Waals surface area (Å²) >= 11 is 1.41. The molecular formula is C6H9N3OS. The van der Waals surface area contributed by atoms with Crippen LogP contribution in [0.2, 0.25) is 0 Å². The molecule has 0 aromatic carbocycles. The zero-order chi connectivity index (χ0) is 8.43. The lowest BCUT2D eigenvalue weighted by Gasteiger charge is -2.01. The van der Waals surface area contributed by atoms with Crippen LogP contribution in [0.5, 0.6) is 0 Å². The number of thioether (sulfide) groups is 1. The predicted octanol–water partition coefficient (Wildman–Crippen LogP) is 0.206. The highest BCUT2D eigenvalue weighted by molar-refractivity contribution is 7.98. The highest BCUT2D eigenvalue weighted by atomic mass is 32.2. The third kappa shape index (κ3) is 1.59. The average molecular weight is 171 g/mol. The monoisotopic (exact) mass is 171 g/mol. The van der Waals surface area contributed by atoms with E-state index in [1.54, 1.807) is 18.7 Å². The summed E-state index contributed by atoms with van der Waals surface area (Å²) in [6, 6.07) is 0. The Morgan fingerprint density at radius 3 is 2.73 bits per heavy atom. The topological polar surface area (TPSA) is 47.8 Å². The lowest BCUT2D eigenvalue weighted by molar-refractivity contribution is 0.598. The minimum atomic E-state index is -0.243. The molecule has 0 fully saturated rings. The second kappa shape index (κ2) is 3.04. The summed E-state index contributed by atoms with van der Waals surface area (Å²) in [5.41, 5.74) is 0.192. The van der Waals surface area contributed by atoms with Crippen molar-refractivity contribution in [2.45, 2.75) is 12.1 Å². The van der Waals surface area contributed by atoms with E-state index in [1.165, 1.54) is 11.8 Å². The molecule has 0 radical (unpaired) electrons. The molecule has 0 unspecified atom stereocenters. The Morgan fingerprint density at radius 2 is 2.18 bits per heavy atom. The van der Waals surface area contributed by atoms with Crippen LogP contribution in [0.15, 0.2) is 9.95 Å². The van der Waals surface area contributed by atoms with E-state index >= 15 is 0 Å². The molecule has 0 aliphatic rings. The van der Waals surface area contributed by atoms with E-state index in [9.17, 15) is 4.79 Å². The van der Waals surface area contributed by atoms with Crippen molar-refractivity contribution >= 4 is 11.8 Å². The molecule has 5 heteroatoms. The molecule has 11 heavy (non-hydrogen) atoms. The molecule has 0 N–H and O–H groups in total. The number of hydrogen-bond donors (Lipinski definition) is 0. The molecule has 1 aromatic rings. The first-order valence-electron chi connectivity index (χ1n) is 3.11. The Labute approximate surface area is 68.6 Å². The third-order valence-corrected chi connectivity index (χ3v) is 1.99. The largest absolute Gasteiger partial charge is 0.295 e. The molecule has 0 saturated heterocycles. The van der Waals surface area contributed by atoms with Crippen LogP contribution in [0.1, 0.15) is 5.69 Å². The maximum absolute atomic E-state index is 11.0. The molecule has 60 valence electrons. The molecule has 1 heterocycles. The van der Waals surface area contributed by atoms with Crippen molar-refractivity contribution in [1.29, 1.82) is 0 Å². The fourth-order valence-corrected chi connectivity index (χ4v) is 1.21. The number of nitrogens with zero attached hydrogens (tertiary/aromatic N) is 3. The van der Waals surface area contributed by atoms with Gasteiger partial charge in [0.25, 0.3) is 5.56 Å². The van der Waals surface area contributed by atoms with Crippen LogP contribution in [0.3, 0.4) is 0 Å². The van der Waals surface area contributed by atoms with Gasteiger partial charge >= 0.3 is 0 Å². The van der Waals surface area contributed by atoms with Crippen LogP contribution in [0, 0.1) is 6.92 Å². The van der Waals surface area contributed by atoms with Gasteiger partial charge in [0.05, 0.1) is 0 Å². The number of hydrogen-bond acceptors (Lipinski definition) is 4. The highest BCUT2D eigenvalue weighted by Crippen LogP contribution is 2.05. The van der Waals surface area contributed by atoms with Crippen LogP contribution in [-0.4, -0.2) is 21.0 Å². The smallest absolute Gasteiger partial charge is 0.265 e. The SMILES string of the molecule is CSc1nc(=O)c(C)nn1C. The summed E-state index contributed by atoms with van der Waals surface area (Å²) in [5, 5.41) is 4.60. The van der Waals surface area contributed by atoms with Crippen LogP contribution < -0.4 is 5.56 Å². The first-order valence-corrected chi connectivity index (χ1v) is 4.33. The van der Waals surface area contributed by atoms with Crippen LogP contribution in [0.4, 0.5) is 0 Å². The van der Waals surface area contributed by atoms with Crippen molar-refractivity contribution in [1.82, 2.24) is 14.8 Å². The van der Waals surface area contributed by atoms with Crippen LogP contribution in [-0.2, 0) is 7.05 Å². The van der Waals surface area contributed by atoms with Crippen molar-refractivity contribution in [3.8, 4) is 0 Å².